The van der Waals surface area contributed by atoms with Crippen molar-refractivity contribution in [3.8, 4) is 0 Å². The van der Waals surface area contributed by atoms with Crippen LogP contribution >= 0.6 is 15.9 Å². The van der Waals surface area contributed by atoms with Gasteiger partial charge in [0.15, 0.2) is 0 Å². The summed E-state index contributed by atoms with van der Waals surface area (Å²) < 4.78 is 3.50. The van der Waals surface area contributed by atoms with E-state index < -0.39 is 0 Å². The molecule has 0 saturated carbocycles. The molecule has 2 nitrogen and oxygen atoms in total. The Hall–Kier alpha value is -0.800. The summed E-state index contributed by atoms with van der Waals surface area (Å²) in [4.78, 5) is 0. The van der Waals surface area contributed by atoms with Gasteiger partial charge in [-0.15, -0.1) is 0 Å². The molecular weight excluding hydrogens is 300 g/mol. The van der Waals surface area contributed by atoms with E-state index in [1.165, 1.54) is 23.7 Å². The molecule has 0 fully saturated rings. The normalized spacial score (nSPS) is 11.6. The molecule has 3 heteroatoms. The van der Waals surface area contributed by atoms with Gasteiger partial charge in [0.05, 0.1) is 0 Å². The van der Waals surface area contributed by atoms with Gasteiger partial charge in [-0.25, -0.2) is 0 Å². The molecule has 0 spiro atoms. The predicted molar refractivity (Wildman–Crippen MR) is 86.6 cm³/mol. The molecule has 1 N–H and O–H groups in total. The van der Waals surface area contributed by atoms with E-state index in [4.69, 9.17) is 0 Å². The van der Waals surface area contributed by atoms with Crippen molar-refractivity contribution in [3.63, 3.8) is 0 Å². The Bertz CT molecular complexity index is 516. The van der Waals surface area contributed by atoms with Crippen molar-refractivity contribution in [2.75, 3.05) is 13.1 Å². The van der Waals surface area contributed by atoms with Gasteiger partial charge in [0.2, 0.25) is 0 Å². The first-order chi connectivity index (χ1) is 9.16. The van der Waals surface area contributed by atoms with Gasteiger partial charge in [0.25, 0.3) is 0 Å². The second kappa shape index (κ2) is 7.11. The molecule has 0 unspecified atom stereocenters. The minimum atomic E-state index is 0.742. The van der Waals surface area contributed by atoms with E-state index in [0.717, 1.165) is 30.0 Å². The molecule has 19 heavy (non-hydrogen) atoms. The summed E-state index contributed by atoms with van der Waals surface area (Å²) >= 11 is 3.52. The zero-order chi connectivity index (χ0) is 13.7. The van der Waals surface area contributed by atoms with Crippen LogP contribution in [0.2, 0.25) is 0 Å². The second-order valence-corrected chi connectivity index (χ2v) is 6.43. The Kier molecular flexibility index (Phi) is 5.46. The summed E-state index contributed by atoms with van der Waals surface area (Å²) in [5.74, 6) is 0.742. The quantitative estimate of drug-likeness (QED) is 0.746. The average molecular weight is 323 g/mol. The van der Waals surface area contributed by atoms with E-state index in [2.05, 4.69) is 70.1 Å². The molecule has 0 aliphatic carbocycles. The highest BCUT2D eigenvalue weighted by molar-refractivity contribution is 9.10. The number of aromatic nitrogens is 1. The van der Waals surface area contributed by atoms with E-state index >= 15 is 0 Å². The molecule has 104 valence electrons. The van der Waals surface area contributed by atoms with Crippen molar-refractivity contribution >= 4 is 26.8 Å². The summed E-state index contributed by atoms with van der Waals surface area (Å²) in [6.45, 7) is 7.85. The summed E-state index contributed by atoms with van der Waals surface area (Å²) in [5, 5.41) is 4.81. The SMILES string of the molecule is CC(C)CNCCCCn1ccc2cc(Br)ccc21. The number of benzene rings is 1. The molecule has 2 rings (SSSR count). The number of hydrogen-bond donors (Lipinski definition) is 1. The minimum Gasteiger partial charge on any atom is -0.347 e. The molecule has 2 aromatic rings. The molecule has 0 bridgehead atoms. The topological polar surface area (TPSA) is 17.0 Å². The number of aryl methyl sites for hydroxylation is 1. The van der Waals surface area contributed by atoms with Crippen molar-refractivity contribution in [3.05, 3.63) is 34.9 Å². The van der Waals surface area contributed by atoms with Gasteiger partial charge in [-0.05, 0) is 56.1 Å². The Morgan fingerprint density at radius 1 is 1.21 bits per heavy atom. The van der Waals surface area contributed by atoms with E-state index in [9.17, 15) is 0 Å². The molecule has 0 atom stereocenters. The number of hydrogen-bond acceptors (Lipinski definition) is 1. The molecule has 1 heterocycles. The smallest absolute Gasteiger partial charge is 0.0481 e. The number of halogens is 1. The third kappa shape index (κ3) is 4.36. The Balaban J connectivity index is 1.79. The zero-order valence-corrected chi connectivity index (χ0v) is 13.4. The van der Waals surface area contributed by atoms with Gasteiger partial charge in [-0.2, -0.15) is 0 Å². The van der Waals surface area contributed by atoms with Crippen LogP contribution in [0.1, 0.15) is 26.7 Å². The van der Waals surface area contributed by atoms with E-state index in [-0.39, 0.29) is 0 Å². The molecule has 0 amide bonds. The molecule has 0 aliphatic heterocycles. The predicted octanol–water partition coefficient (Wildman–Crippen LogP) is 4.43. The summed E-state index contributed by atoms with van der Waals surface area (Å²) in [6, 6.07) is 8.67. The minimum absolute atomic E-state index is 0.742. The fourth-order valence-corrected chi connectivity index (χ4v) is 2.67. The maximum Gasteiger partial charge on any atom is 0.0481 e. The molecule has 1 aromatic carbocycles. The average Bonchev–Trinajstić information content (AvgIpc) is 2.75. The highest BCUT2D eigenvalue weighted by Crippen LogP contribution is 2.21. The first kappa shape index (κ1) is 14.6. The van der Waals surface area contributed by atoms with Gasteiger partial charge in [0, 0.05) is 28.1 Å². The van der Waals surface area contributed by atoms with Crippen LogP contribution in [-0.4, -0.2) is 17.7 Å². The van der Waals surface area contributed by atoms with Crippen LogP contribution in [0.4, 0.5) is 0 Å². The highest BCUT2D eigenvalue weighted by Gasteiger charge is 2.01. The number of nitrogens with one attached hydrogen (secondary N) is 1. The molecule has 1 aromatic heterocycles. The first-order valence-electron chi connectivity index (χ1n) is 7.12. The highest BCUT2D eigenvalue weighted by atomic mass is 79.9. The largest absolute Gasteiger partial charge is 0.347 e. The number of fused-ring (bicyclic) bond motifs is 1. The number of nitrogens with zero attached hydrogens (tertiary/aromatic N) is 1. The molecule has 0 saturated heterocycles. The lowest BCUT2D eigenvalue weighted by atomic mass is 10.2. The standard InChI is InChI=1S/C16H23BrN2/c1-13(2)12-18-8-3-4-9-19-10-7-14-11-15(17)5-6-16(14)19/h5-7,10-11,13,18H,3-4,8-9,12H2,1-2H3. The van der Waals surface area contributed by atoms with Gasteiger partial charge in [0.1, 0.15) is 0 Å². The first-order valence-corrected chi connectivity index (χ1v) is 7.91. The summed E-state index contributed by atoms with van der Waals surface area (Å²) in [6.07, 6.45) is 4.66. The van der Waals surface area contributed by atoms with Crippen LogP contribution in [0, 0.1) is 5.92 Å². The monoisotopic (exact) mass is 322 g/mol. The van der Waals surface area contributed by atoms with Crippen molar-refractivity contribution in [2.24, 2.45) is 5.92 Å². The van der Waals surface area contributed by atoms with Crippen molar-refractivity contribution in [2.45, 2.75) is 33.2 Å². The maximum absolute atomic E-state index is 3.52. The third-order valence-corrected chi connectivity index (χ3v) is 3.78. The van der Waals surface area contributed by atoms with Crippen molar-refractivity contribution < 1.29 is 0 Å². The van der Waals surface area contributed by atoms with Crippen LogP contribution in [-0.2, 0) is 6.54 Å². The van der Waals surface area contributed by atoms with Gasteiger partial charge < -0.3 is 9.88 Å². The summed E-state index contributed by atoms with van der Waals surface area (Å²) in [5.41, 5.74) is 1.33. The van der Waals surface area contributed by atoms with Crippen LogP contribution in [0.15, 0.2) is 34.9 Å². The van der Waals surface area contributed by atoms with Gasteiger partial charge >= 0.3 is 0 Å². The van der Waals surface area contributed by atoms with E-state index in [0.29, 0.717) is 0 Å². The lowest BCUT2D eigenvalue weighted by Crippen LogP contribution is -2.20. The summed E-state index contributed by atoms with van der Waals surface area (Å²) in [7, 11) is 0. The fourth-order valence-electron chi connectivity index (χ4n) is 2.29. The Morgan fingerprint density at radius 2 is 2.05 bits per heavy atom. The zero-order valence-electron chi connectivity index (χ0n) is 11.8. The van der Waals surface area contributed by atoms with Crippen molar-refractivity contribution in [1.29, 1.82) is 0 Å². The van der Waals surface area contributed by atoms with Gasteiger partial charge in [-0.1, -0.05) is 29.8 Å². The maximum atomic E-state index is 3.52. The lowest BCUT2D eigenvalue weighted by Gasteiger charge is -2.08. The van der Waals surface area contributed by atoms with Crippen LogP contribution in [0.3, 0.4) is 0 Å². The lowest BCUT2D eigenvalue weighted by molar-refractivity contribution is 0.522. The Labute approximate surface area is 124 Å². The fraction of sp³-hybridized carbons (Fsp3) is 0.500. The molecular formula is C16H23BrN2. The second-order valence-electron chi connectivity index (χ2n) is 5.52. The number of unbranched alkanes of at least 4 members (excludes halogenated alkanes) is 1. The Morgan fingerprint density at radius 3 is 2.84 bits per heavy atom. The third-order valence-electron chi connectivity index (χ3n) is 3.29. The van der Waals surface area contributed by atoms with Gasteiger partial charge in [-0.3, -0.25) is 0 Å². The molecule has 0 radical (unpaired) electrons. The van der Waals surface area contributed by atoms with E-state index in [1.807, 2.05) is 0 Å². The van der Waals surface area contributed by atoms with E-state index in [1.54, 1.807) is 0 Å². The van der Waals surface area contributed by atoms with Crippen LogP contribution < -0.4 is 5.32 Å². The number of rotatable bonds is 7. The van der Waals surface area contributed by atoms with Crippen LogP contribution in [0.25, 0.3) is 10.9 Å². The van der Waals surface area contributed by atoms with Crippen LogP contribution in [0.5, 0.6) is 0 Å². The molecule has 0 aliphatic rings. The van der Waals surface area contributed by atoms with Crippen molar-refractivity contribution in [1.82, 2.24) is 9.88 Å².